The van der Waals surface area contributed by atoms with Crippen LogP contribution in [0.2, 0.25) is 0 Å². The summed E-state index contributed by atoms with van der Waals surface area (Å²) in [5, 5.41) is 14.0. The minimum absolute atomic E-state index is 0.0811. The molecule has 1 aliphatic carbocycles. The van der Waals surface area contributed by atoms with Crippen LogP contribution in [0.4, 0.5) is 0 Å². The zero-order valence-electron chi connectivity index (χ0n) is 22.2. The lowest BCUT2D eigenvalue weighted by Gasteiger charge is -2.22. The summed E-state index contributed by atoms with van der Waals surface area (Å²) in [5.74, 6) is -0.413. The van der Waals surface area contributed by atoms with E-state index in [1.165, 1.54) is 29.0 Å². The van der Waals surface area contributed by atoms with Crippen LogP contribution in [0.3, 0.4) is 0 Å². The van der Waals surface area contributed by atoms with Crippen molar-refractivity contribution >= 4 is 51.6 Å². The summed E-state index contributed by atoms with van der Waals surface area (Å²) in [6.45, 7) is 0.783. The van der Waals surface area contributed by atoms with E-state index >= 15 is 0 Å². The van der Waals surface area contributed by atoms with Gasteiger partial charge in [-0.05, 0) is 71.1 Å². The zero-order chi connectivity index (χ0) is 29.3. The minimum Gasteiger partial charge on any atom is -0.377 e. The van der Waals surface area contributed by atoms with E-state index in [1.54, 1.807) is 20.4 Å². The average molecular weight is 647 g/mol. The fourth-order valence-electron chi connectivity index (χ4n) is 3.53. The van der Waals surface area contributed by atoms with Crippen LogP contribution in [-0.2, 0) is 32.9 Å². The Hall–Kier alpha value is -1.72. The quantitative estimate of drug-likeness (QED) is 0.0993. The molecule has 16 heteroatoms. The van der Waals surface area contributed by atoms with Crippen LogP contribution in [0, 0.1) is 5.92 Å². The van der Waals surface area contributed by atoms with Crippen molar-refractivity contribution in [2.45, 2.75) is 24.8 Å². The van der Waals surface area contributed by atoms with Gasteiger partial charge in [0.05, 0.1) is 26.4 Å². The maximum Gasteiger partial charge on any atom is 0.540 e. The second kappa shape index (κ2) is 15.5. The Labute approximate surface area is 246 Å². The maximum absolute atomic E-state index is 11.2. The van der Waals surface area contributed by atoms with Crippen LogP contribution in [0.15, 0.2) is 65.8 Å². The number of hydrogen-bond donors (Lipinski definition) is 4. The molecule has 0 amide bonds. The molecule has 0 spiro atoms. The van der Waals surface area contributed by atoms with Crippen molar-refractivity contribution in [1.82, 2.24) is 15.0 Å². The molecule has 0 aliphatic heterocycles. The number of ether oxygens (including phenoxy) is 1. The minimum atomic E-state index is -4.65. The summed E-state index contributed by atoms with van der Waals surface area (Å²) in [6, 6.07) is 13.1. The summed E-state index contributed by atoms with van der Waals surface area (Å²) >= 11 is 10.9. The number of hydrogen-bond acceptors (Lipinski definition) is 9. The molecule has 0 aromatic heterocycles. The maximum atomic E-state index is 11.2. The van der Waals surface area contributed by atoms with E-state index in [2.05, 4.69) is 22.7 Å². The Balaban J connectivity index is 1.45. The number of aliphatic hydroxyl groups is 1. The largest absolute Gasteiger partial charge is 0.540 e. The molecule has 1 aliphatic rings. The van der Waals surface area contributed by atoms with Crippen LogP contribution >= 0.6 is 21.7 Å². The first-order valence-electron chi connectivity index (χ1n) is 12.2. The van der Waals surface area contributed by atoms with Crippen molar-refractivity contribution < 1.29 is 33.2 Å². The summed E-state index contributed by atoms with van der Waals surface area (Å²) in [4.78, 5) is 18.2. The van der Waals surface area contributed by atoms with Crippen LogP contribution in [0.25, 0.3) is 0 Å². The fraction of sp³-hybridized carbons (Fsp3) is 0.375. The third kappa shape index (κ3) is 10.3. The molecule has 0 fully saturated rings. The smallest absolute Gasteiger partial charge is 0.377 e. The summed E-state index contributed by atoms with van der Waals surface area (Å²) in [5.41, 5.74) is 4.25. The third-order valence-corrected chi connectivity index (χ3v) is 10.7. The normalized spacial score (nSPS) is 19.0. The molecule has 0 radical (unpaired) electrons. The van der Waals surface area contributed by atoms with Gasteiger partial charge in [0.1, 0.15) is 0 Å². The van der Waals surface area contributed by atoms with Crippen molar-refractivity contribution in [3.8, 4) is 11.5 Å². The molecule has 11 nitrogen and oxygen atoms in total. The number of methoxy groups -OCH3 is 1. The molecule has 4 N–H and O–H groups in total. The van der Waals surface area contributed by atoms with E-state index in [4.69, 9.17) is 47.2 Å². The summed E-state index contributed by atoms with van der Waals surface area (Å²) in [6.07, 6.45) is 8.22. The molecule has 0 bridgehead atoms. The highest BCUT2D eigenvalue weighted by molar-refractivity contribution is 8.02. The van der Waals surface area contributed by atoms with Crippen molar-refractivity contribution in [2.75, 3.05) is 27.7 Å². The SMILES string of the molecule is COC1C=CC(CNN(C)[P+](=S)Oc2ccc(/C=N\N(C)[P+](=S)Oc3ccc(C(O)P(=O)(O)O)cc3)cc2)CC1. The van der Waals surface area contributed by atoms with E-state index in [-0.39, 0.29) is 11.7 Å². The van der Waals surface area contributed by atoms with Gasteiger partial charge < -0.3 is 19.6 Å². The van der Waals surface area contributed by atoms with Crippen LogP contribution in [-0.4, -0.2) is 64.5 Å². The topological polar surface area (TPSA) is 136 Å². The predicted molar refractivity (Wildman–Crippen MR) is 163 cm³/mol. The van der Waals surface area contributed by atoms with Gasteiger partial charge in [-0.25, -0.2) is 5.43 Å². The lowest BCUT2D eigenvalue weighted by atomic mass is 9.94. The van der Waals surface area contributed by atoms with Crippen molar-refractivity contribution in [2.24, 2.45) is 11.0 Å². The molecule has 0 heterocycles. The average Bonchev–Trinajstić information content (AvgIpc) is 2.95. The Morgan fingerprint density at radius 2 is 1.65 bits per heavy atom. The lowest BCUT2D eigenvalue weighted by molar-refractivity contribution is 0.121. The number of hydrazone groups is 1. The van der Waals surface area contributed by atoms with E-state index in [0.29, 0.717) is 17.4 Å². The molecule has 2 aromatic rings. The third-order valence-electron chi connectivity index (χ3n) is 5.90. The number of aliphatic hydroxyl groups excluding tert-OH is 1. The molecule has 3 rings (SSSR count). The zero-order valence-corrected chi connectivity index (χ0v) is 26.5. The van der Waals surface area contributed by atoms with Gasteiger partial charge in [0, 0.05) is 13.7 Å². The molecule has 5 unspecified atom stereocenters. The van der Waals surface area contributed by atoms with E-state index < -0.39 is 27.6 Å². The molecule has 216 valence electrons. The monoisotopic (exact) mass is 646 g/mol. The number of hydrazine groups is 1. The van der Waals surface area contributed by atoms with Gasteiger partial charge in [-0.15, -0.1) is 5.10 Å². The Morgan fingerprint density at radius 1 is 1.05 bits per heavy atom. The van der Waals surface area contributed by atoms with Crippen LogP contribution in [0.1, 0.15) is 29.8 Å². The van der Waals surface area contributed by atoms with Gasteiger partial charge >= 0.3 is 21.7 Å². The second-order valence-corrected chi connectivity index (χ2v) is 14.9. The molecule has 2 aromatic carbocycles. The number of nitrogens with one attached hydrogen (secondary N) is 1. The van der Waals surface area contributed by atoms with E-state index in [1.807, 2.05) is 36.1 Å². The van der Waals surface area contributed by atoms with Crippen LogP contribution in [0.5, 0.6) is 11.5 Å². The molecule has 5 atom stereocenters. The van der Waals surface area contributed by atoms with Crippen LogP contribution < -0.4 is 14.5 Å². The van der Waals surface area contributed by atoms with E-state index in [9.17, 15) is 9.67 Å². The van der Waals surface area contributed by atoms with Gasteiger partial charge in [0.25, 0.3) is 0 Å². The van der Waals surface area contributed by atoms with Crippen molar-refractivity contribution in [3.05, 3.63) is 71.8 Å². The summed E-state index contributed by atoms with van der Waals surface area (Å²) < 4.78 is 31.6. The highest BCUT2D eigenvalue weighted by Crippen LogP contribution is 2.50. The molecule has 0 saturated carbocycles. The number of rotatable bonds is 14. The first-order valence-corrected chi connectivity index (χ1v) is 18.3. The number of nitrogens with zero attached hydrogens (tertiary/aromatic N) is 3. The van der Waals surface area contributed by atoms with E-state index in [0.717, 1.165) is 24.9 Å². The van der Waals surface area contributed by atoms with Crippen molar-refractivity contribution in [1.29, 1.82) is 0 Å². The fourth-order valence-corrected chi connectivity index (χ4v) is 6.08. The van der Waals surface area contributed by atoms with Gasteiger partial charge in [0.2, 0.25) is 23.6 Å². The van der Waals surface area contributed by atoms with Gasteiger partial charge in [-0.1, -0.05) is 29.1 Å². The summed E-state index contributed by atoms with van der Waals surface area (Å²) in [7, 11) is -2.20. The van der Waals surface area contributed by atoms with Gasteiger partial charge in [0.15, 0.2) is 17.3 Å². The number of benzene rings is 2. The Kier molecular flexibility index (Phi) is 12.7. The predicted octanol–water partition coefficient (Wildman–Crippen LogP) is 4.54. The van der Waals surface area contributed by atoms with Crippen molar-refractivity contribution in [3.63, 3.8) is 0 Å². The standard InChI is InChI=1S/C24H31N4O7P3S2/c1-27(25-16-18-4-10-21(33-3)11-5-18)36(39)34-22-12-6-19(7-13-22)17-26-28(2)37(40)35-23-14-8-20(9-15-23)24(29)38(30,31)32/h4,6-10,12-15,17-18,21,24-25,29H,5,11,16H2,1-3H3/p+2/b26-17-. The second-order valence-electron chi connectivity index (χ2n) is 8.88. The molecule has 0 saturated heterocycles. The molecular weight excluding hydrogens is 613 g/mol. The van der Waals surface area contributed by atoms with Gasteiger partial charge in [-0.3, -0.25) is 13.6 Å². The first kappa shape index (κ1) is 32.8. The molecular formula is C24H33N4O7P3S2+2. The Morgan fingerprint density at radius 3 is 2.20 bits per heavy atom. The highest BCUT2D eigenvalue weighted by atomic mass is 32.4. The molecule has 40 heavy (non-hydrogen) atoms. The Bertz CT molecular complexity index is 1260. The van der Waals surface area contributed by atoms with Gasteiger partial charge in [-0.2, -0.15) is 0 Å². The first-order chi connectivity index (χ1) is 19.0. The lowest BCUT2D eigenvalue weighted by Crippen LogP contribution is -2.34. The highest BCUT2D eigenvalue weighted by Gasteiger charge is 2.28.